The lowest BCUT2D eigenvalue weighted by Crippen LogP contribution is -2.30. The van der Waals surface area contributed by atoms with Crippen LogP contribution in [0.1, 0.15) is 12.0 Å². The summed E-state index contributed by atoms with van der Waals surface area (Å²) in [6.07, 6.45) is 1.17. The van der Waals surface area contributed by atoms with Gasteiger partial charge < -0.3 is 9.84 Å². The molecule has 2 rings (SSSR count). The number of ether oxygens (including phenoxy) is 1. The summed E-state index contributed by atoms with van der Waals surface area (Å²) in [5.74, 6) is -0.494. The highest BCUT2D eigenvalue weighted by Gasteiger charge is 2.25. The second-order valence-electron chi connectivity index (χ2n) is 4.18. The van der Waals surface area contributed by atoms with Crippen LogP contribution < -0.4 is 9.46 Å². The molecule has 0 unspecified atom stereocenters. The molecule has 1 heterocycles. The number of benzene rings is 1. The van der Waals surface area contributed by atoms with E-state index in [0.29, 0.717) is 24.3 Å². The smallest absolute Gasteiger partial charge is 0.344 e. The van der Waals surface area contributed by atoms with E-state index in [4.69, 9.17) is 9.84 Å². The molecule has 6 nitrogen and oxygen atoms in total. The van der Waals surface area contributed by atoms with E-state index in [1.54, 1.807) is 18.2 Å². The molecular weight excluding hydrogens is 258 g/mol. The van der Waals surface area contributed by atoms with Crippen LogP contribution in [0.3, 0.4) is 0 Å². The molecule has 1 aliphatic rings. The molecule has 18 heavy (non-hydrogen) atoms. The summed E-state index contributed by atoms with van der Waals surface area (Å²) in [5, 5.41) is 8.85. The second-order valence-corrected chi connectivity index (χ2v) is 5.93. The highest BCUT2D eigenvalue weighted by molar-refractivity contribution is 7.92. The van der Waals surface area contributed by atoms with E-state index < -0.39 is 22.1 Å². The van der Waals surface area contributed by atoms with E-state index in [9.17, 15) is 13.2 Å². The molecule has 98 valence electrons. The molecule has 0 saturated carbocycles. The molecule has 1 aliphatic heterocycles. The van der Waals surface area contributed by atoms with E-state index in [1.165, 1.54) is 0 Å². The maximum absolute atomic E-state index is 11.1. The number of rotatable bonds is 3. The van der Waals surface area contributed by atoms with E-state index in [-0.39, 0.29) is 0 Å². The number of aliphatic carboxylic acids is 1. The first-order chi connectivity index (χ1) is 8.35. The molecule has 7 heteroatoms. The second kappa shape index (κ2) is 4.49. The Hall–Kier alpha value is -1.76. The van der Waals surface area contributed by atoms with Crippen LogP contribution >= 0.6 is 0 Å². The normalized spacial score (nSPS) is 18.6. The van der Waals surface area contributed by atoms with Gasteiger partial charge in [0.15, 0.2) is 6.10 Å². The van der Waals surface area contributed by atoms with Crippen molar-refractivity contribution in [2.45, 2.75) is 18.9 Å². The molecule has 2 N–H and O–H groups in total. The number of carbonyl (C=O) groups is 1. The van der Waals surface area contributed by atoms with Crippen molar-refractivity contribution in [3.8, 4) is 5.75 Å². The van der Waals surface area contributed by atoms with Crippen LogP contribution in [-0.4, -0.2) is 31.9 Å². The maximum atomic E-state index is 11.1. The number of carboxylic acids is 1. The standard InChI is InChI=1S/C11H13NO5S/c1-18(15,16)12-8-3-5-9-7(6-8)2-4-10(17-9)11(13)14/h3,5-6,10,12H,2,4H2,1H3,(H,13,14)/t10-/m1/s1. The third-order valence-electron chi connectivity index (χ3n) is 2.58. The Labute approximate surface area is 105 Å². The summed E-state index contributed by atoms with van der Waals surface area (Å²) in [6, 6.07) is 4.79. The number of aryl methyl sites for hydroxylation is 1. The Balaban J connectivity index is 2.22. The molecule has 0 aromatic heterocycles. The third kappa shape index (κ3) is 2.92. The maximum Gasteiger partial charge on any atom is 0.344 e. The molecule has 0 spiro atoms. The van der Waals surface area contributed by atoms with Crippen LogP contribution in [0.2, 0.25) is 0 Å². The third-order valence-corrected chi connectivity index (χ3v) is 3.19. The summed E-state index contributed by atoms with van der Waals surface area (Å²) in [7, 11) is -3.31. The van der Waals surface area contributed by atoms with Gasteiger partial charge in [-0.05, 0) is 36.6 Å². The number of fused-ring (bicyclic) bond motifs is 1. The van der Waals surface area contributed by atoms with Gasteiger partial charge in [-0.3, -0.25) is 4.72 Å². The van der Waals surface area contributed by atoms with Gasteiger partial charge in [0.1, 0.15) is 5.75 Å². The molecule has 0 fully saturated rings. The van der Waals surface area contributed by atoms with Gasteiger partial charge in [0.25, 0.3) is 0 Å². The van der Waals surface area contributed by atoms with Gasteiger partial charge in [-0.2, -0.15) is 0 Å². The van der Waals surface area contributed by atoms with E-state index in [1.807, 2.05) is 0 Å². The zero-order valence-corrected chi connectivity index (χ0v) is 10.5. The van der Waals surface area contributed by atoms with Gasteiger partial charge in [0.2, 0.25) is 10.0 Å². The van der Waals surface area contributed by atoms with Crippen LogP contribution in [-0.2, 0) is 21.2 Å². The van der Waals surface area contributed by atoms with Crippen LogP contribution in [0, 0.1) is 0 Å². The molecule has 0 saturated heterocycles. The van der Waals surface area contributed by atoms with Crippen molar-refractivity contribution in [1.82, 2.24) is 0 Å². The predicted molar refractivity (Wildman–Crippen MR) is 65.3 cm³/mol. The van der Waals surface area contributed by atoms with Gasteiger partial charge >= 0.3 is 5.97 Å². The van der Waals surface area contributed by atoms with Crippen molar-refractivity contribution in [2.75, 3.05) is 11.0 Å². The average molecular weight is 271 g/mol. The molecule has 1 aromatic rings. The van der Waals surface area contributed by atoms with Crippen molar-refractivity contribution in [2.24, 2.45) is 0 Å². The Kier molecular flexibility index (Phi) is 3.16. The summed E-state index contributed by atoms with van der Waals surface area (Å²) < 4.78 is 29.8. The van der Waals surface area contributed by atoms with Gasteiger partial charge in [-0.1, -0.05) is 0 Å². The number of hydrogen-bond acceptors (Lipinski definition) is 4. The molecule has 1 atom stereocenters. The van der Waals surface area contributed by atoms with Crippen LogP contribution in [0.25, 0.3) is 0 Å². The van der Waals surface area contributed by atoms with Crippen LogP contribution in [0.15, 0.2) is 18.2 Å². The highest BCUT2D eigenvalue weighted by Crippen LogP contribution is 2.30. The van der Waals surface area contributed by atoms with E-state index in [0.717, 1.165) is 11.8 Å². The first-order valence-electron chi connectivity index (χ1n) is 5.35. The van der Waals surface area contributed by atoms with Crippen molar-refractivity contribution in [1.29, 1.82) is 0 Å². The number of carboxylic acid groups (broad SMARTS) is 1. The van der Waals surface area contributed by atoms with Crippen molar-refractivity contribution in [3.05, 3.63) is 23.8 Å². The molecule has 0 radical (unpaired) electrons. The lowest BCUT2D eigenvalue weighted by Gasteiger charge is -2.23. The molecule has 0 bridgehead atoms. The zero-order valence-electron chi connectivity index (χ0n) is 9.71. The van der Waals surface area contributed by atoms with Gasteiger partial charge in [-0.25, -0.2) is 13.2 Å². The van der Waals surface area contributed by atoms with Crippen molar-refractivity contribution >= 4 is 21.7 Å². The first kappa shape index (κ1) is 12.7. The summed E-state index contributed by atoms with van der Waals surface area (Å²) >= 11 is 0. The molecular formula is C11H13NO5S. The minimum atomic E-state index is -3.31. The lowest BCUT2D eigenvalue weighted by molar-refractivity contribution is -0.145. The molecule has 0 aliphatic carbocycles. The Morgan fingerprint density at radius 3 is 2.83 bits per heavy atom. The zero-order chi connectivity index (χ0) is 13.3. The first-order valence-corrected chi connectivity index (χ1v) is 7.24. The van der Waals surface area contributed by atoms with Crippen molar-refractivity contribution < 1.29 is 23.1 Å². The number of anilines is 1. The summed E-state index contributed by atoms with van der Waals surface area (Å²) in [5.41, 5.74) is 1.26. The quantitative estimate of drug-likeness (QED) is 0.849. The van der Waals surface area contributed by atoms with Gasteiger partial charge in [0, 0.05) is 5.69 Å². The van der Waals surface area contributed by atoms with E-state index >= 15 is 0 Å². The fourth-order valence-corrected chi connectivity index (χ4v) is 2.40. The number of sulfonamides is 1. The fraction of sp³-hybridized carbons (Fsp3) is 0.364. The monoisotopic (exact) mass is 271 g/mol. The van der Waals surface area contributed by atoms with Crippen LogP contribution in [0.4, 0.5) is 5.69 Å². The predicted octanol–water partition coefficient (Wildman–Crippen LogP) is 0.836. The summed E-state index contributed by atoms with van der Waals surface area (Å²) in [6.45, 7) is 0. The van der Waals surface area contributed by atoms with Gasteiger partial charge in [0.05, 0.1) is 6.26 Å². The average Bonchev–Trinajstić information content (AvgIpc) is 2.26. The van der Waals surface area contributed by atoms with E-state index in [2.05, 4.69) is 4.72 Å². The van der Waals surface area contributed by atoms with Crippen molar-refractivity contribution in [3.63, 3.8) is 0 Å². The Morgan fingerprint density at radius 2 is 2.22 bits per heavy atom. The Bertz CT molecular complexity index is 581. The SMILES string of the molecule is CS(=O)(=O)Nc1ccc2c(c1)CC[C@H](C(=O)O)O2. The van der Waals surface area contributed by atoms with Gasteiger partial charge in [-0.15, -0.1) is 0 Å². The fourth-order valence-electron chi connectivity index (χ4n) is 1.84. The topological polar surface area (TPSA) is 92.7 Å². The molecule has 1 aromatic carbocycles. The molecule has 0 amide bonds. The minimum Gasteiger partial charge on any atom is -0.479 e. The largest absolute Gasteiger partial charge is 0.479 e. The highest BCUT2D eigenvalue weighted by atomic mass is 32.2. The minimum absolute atomic E-state index is 0.380. The van der Waals surface area contributed by atoms with Crippen LogP contribution in [0.5, 0.6) is 5.75 Å². The number of nitrogens with one attached hydrogen (secondary N) is 1. The number of hydrogen-bond donors (Lipinski definition) is 2. The Morgan fingerprint density at radius 1 is 1.50 bits per heavy atom. The lowest BCUT2D eigenvalue weighted by atomic mass is 10.0. The summed E-state index contributed by atoms with van der Waals surface area (Å²) in [4.78, 5) is 10.8.